The summed E-state index contributed by atoms with van der Waals surface area (Å²) in [6, 6.07) is 7.18. The molecule has 2 nitrogen and oxygen atoms in total. The van der Waals surface area contributed by atoms with Gasteiger partial charge in [0.25, 0.3) is 0 Å². The molecule has 1 aromatic carbocycles. The Hall–Kier alpha value is -0.700. The summed E-state index contributed by atoms with van der Waals surface area (Å²) in [6.45, 7) is 4.65. The van der Waals surface area contributed by atoms with Gasteiger partial charge in [-0.25, -0.2) is 0 Å². The lowest BCUT2D eigenvalue weighted by molar-refractivity contribution is 0.524. The first-order valence-electron chi connectivity index (χ1n) is 5.56. The highest BCUT2D eigenvalue weighted by Crippen LogP contribution is 2.39. The zero-order valence-corrected chi connectivity index (χ0v) is 10.4. The number of fused-ring (bicyclic) bond motifs is 3. The van der Waals surface area contributed by atoms with Gasteiger partial charge in [-0.05, 0) is 30.5 Å². The molecule has 15 heavy (non-hydrogen) atoms. The van der Waals surface area contributed by atoms with Crippen LogP contribution in [0.25, 0.3) is 0 Å². The van der Waals surface area contributed by atoms with Gasteiger partial charge in [0.15, 0.2) is 0 Å². The van der Waals surface area contributed by atoms with Gasteiger partial charge in [-0.3, -0.25) is 0 Å². The maximum absolute atomic E-state index is 3.55. The van der Waals surface area contributed by atoms with Crippen LogP contribution < -0.4 is 10.2 Å². The highest BCUT2D eigenvalue weighted by atomic mass is 79.9. The molecule has 1 saturated heterocycles. The molecule has 0 aliphatic carbocycles. The van der Waals surface area contributed by atoms with E-state index in [9.17, 15) is 0 Å². The maximum Gasteiger partial charge on any atom is 0.0616 e. The normalized spacial score (nSPS) is 28.3. The molecule has 0 radical (unpaired) electrons. The fourth-order valence-corrected chi connectivity index (χ4v) is 3.07. The zero-order valence-electron chi connectivity index (χ0n) is 8.83. The van der Waals surface area contributed by atoms with Gasteiger partial charge in [-0.1, -0.05) is 22.9 Å². The van der Waals surface area contributed by atoms with Gasteiger partial charge >= 0.3 is 0 Å². The highest BCUT2D eigenvalue weighted by molar-refractivity contribution is 9.10. The fraction of sp³-hybridized carbons (Fsp3) is 0.500. The van der Waals surface area contributed by atoms with E-state index < -0.39 is 0 Å². The molecule has 0 bridgehead atoms. The van der Waals surface area contributed by atoms with Gasteiger partial charge in [-0.2, -0.15) is 0 Å². The predicted molar refractivity (Wildman–Crippen MR) is 67.5 cm³/mol. The van der Waals surface area contributed by atoms with E-state index in [0.717, 1.165) is 12.5 Å². The molecule has 1 N–H and O–H groups in total. The Balaban J connectivity index is 2.04. The summed E-state index contributed by atoms with van der Waals surface area (Å²) in [4.78, 5) is 2.56. The molecule has 2 aliphatic heterocycles. The van der Waals surface area contributed by atoms with Crippen molar-refractivity contribution in [3.05, 3.63) is 22.7 Å². The van der Waals surface area contributed by atoms with E-state index in [-0.39, 0.29) is 0 Å². The number of anilines is 2. The summed E-state index contributed by atoms with van der Waals surface area (Å²) in [5, 5.41) is 3.53. The third-order valence-corrected chi connectivity index (χ3v) is 4.15. The predicted octanol–water partition coefficient (Wildman–Crippen LogP) is 3.09. The lowest BCUT2D eigenvalue weighted by Gasteiger charge is -2.36. The summed E-state index contributed by atoms with van der Waals surface area (Å²) in [5.74, 6) is 0.810. The van der Waals surface area contributed by atoms with Gasteiger partial charge in [-0.15, -0.1) is 0 Å². The maximum atomic E-state index is 3.55. The summed E-state index contributed by atoms with van der Waals surface area (Å²) in [5.41, 5.74) is 2.65. The summed E-state index contributed by atoms with van der Waals surface area (Å²) in [7, 11) is 0. The van der Waals surface area contributed by atoms with Crippen molar-refractivity contribution in [2.45, 2.75) is 19.4 Å². The monoisotopic (exact) mass is 266 g/mol. The molecule has 3 rings (SSSR count). The van der Waals surface area contributed by atoms with Crippen LogP contribution in [0.3, 0.4) is 0 Å². The van der Waals surface area contributed by atoms with Crippen LogP contribution in [0, 0.1) is 5.92 Å². The van der Waals surface area contributed by atoms with Crippen LogP contribution in [0.15, 0.2) is 22.7 Å². The van der Waals surface area contributed by atoms with E-state index in [2.05, 4.69) is 51.3 Å². The molecule has 0 spiro atoms. The van der Waals surface area contributed by atoms with Crippen LogP contribution in [0.2, 0.25) is 0 Å². The summed E-state index contributed by atoms with van der Waals surface area (Å²) < 4.78 is 1.17. The molecule has 0 saturated carbocycles. The summed E-state index contributed by atoms with van der Waals surface area (Å²) >= 11 is 3.55. The number of hydrogen-bond donors (Lipinski definition) is 1. The van der Waals surface area contributed by atoms with E-state index in [1.807, 2.05) is 0 Å². The molecule has 0 aromatic heterocycles. The molecular weight excluding hydrogens is 252 g/mol. The Morgan fingerprint density at radius 1 is 1.47 bits per heavy atom. The largest absolute Gasteiger partial charge is 0.381 e. The number of hydrogen-bond acceptors (Lipinski definition) is 2. The molecule has 3 heteroatoms. The first-order chi connectivity index (χ1) is 7.25. The highest BCUT2D eigenvalue weighted by Gasteiger charge is 2.34. The minimum atomic E-state index is 0.687. The fourth-order valence-electron chi connectivity index (χ4n) is 2.73. The van der Waals surface area contributed by atoms with Gasteiger partial charge < -0.3 is 10.2 Å². The molecule has 0 amide bonds. The van der Waals surface area contributed by atoms with Crippen molar-refractivity contribution in [1.82, 2.24) is 0 Å². The Labute approximate surface area is 98.8 Å². The van der Waals surface area contributed by atoms with Crippen molar-refractivity contribution in [1.29, 1.82) is 0 Å². The molecule has 2 unspecified atom stereocenters. The van der Waals surface area contributed by atoms with Crippen LogP contribution in [-0.2, 0) is 0 Å². The van der Waals surface area contributed by atoms with Crippen LogP contribution in [0.4, 0.5) is 11.4 Å². The number of nitrogens with zero attached hydrogens (tertiary/aromatic N) is 1. The molecular formula is C12H15BrN2. The van der Waals surface area contributed by atoms with E-state index in [1.165, 1.54) is 28.8 Å². The number of benzene rings is 1. The molecule has 80 valence electrons. The molecule has 2 atom stereocenters. The Morgan fingerprint density at radius 2 is 2.33 bits per heavy atom. The van der Waals surface area contributed by atoms with E-state index in [1.54, 1.807) is 0 Å². The minimum absolute atomic E-state index is 0.687. The number of halogens is 1. The van der Waals surface area contributed by atoms with Crippen LogP contribution >= 0.6 is 15.9 Å². The topological polar surface area (TPSA) is 15.3 Å². The minimum Gasteiger partial charge on any atom is -0.381 e. The average Bonchev–Trinajstić information content (AvgIpc) is 2.61. The number of rotatable bonds is 0. The van der Waals surface area contributed by atoms with Gasteiger partial charge in [0.2, 0.25) is 0 Å². The lowest BCUT2D eigenvalue weighted by atomic mass is 10.0. The third-order valence-electron chi connectivity index (χ3n) is 3.65. The van der Waals surface area contributed by atoms with Gasteiger partial charge in [0.05, 0.1) is 11.4 Å². The van der Waals surface area contributed by atoms with Crippen molar-refractivity contribution < 1.29 is 0 Å². The summed E-state index contributed by atoms with van der Waals surface area (Å²) in [6.07, 6.45) is 1.32. The van der Waals surface area contributed by atoms with Crippen LogP contribution in [0.5, 0.6) is 0 Å². The third kappa shape index (κ3) is 1.44. The Morgan fingerprint density at radius 3 is 3.20 bits per heavy atom. The Bertz CT molecular complexity index is 391. The average molecular weight is 267 g/mol. The van der Waals surface area contributed by atoms with Crippen molar-refractivity contribution in [2.24, 2.45) is 5.92 Å². The second-order valence-corrected chi connectivity index (χ2v) is 5.48. The van der Waals surface area contributed by atoms with E-state index in [4.69, 9.17) is 0 Å². The van der Waals surface area contributed by atoms with Gasteiger partial charge in [0.1, 0.15) is 0 Å². The van der Waals surface area contributed by atoms with Crippen molar-refractivity contribution in [3.63, 3.8) is 0 Å². The van der Waals surface area contributed by atoms with Crippen LogP contribution in [0.1, 0.15) is 13.3 Å². The SMILES string of the molecule is CC1CCN2c3cc(Br)ccc3NCC12. The Kier molecular flexibility index (Phi) is 2.16. The molecule has 2 aliphatic rings. The second kappa shape index (κ2) is 3.41. The molecule has 1 aromatic rings. The van der Waals surface area contributed by atoms with Crippen molar-refractivity contribution in [2.75, 3.05) is 23.3 Å². The quantitative estimate of drug-likeness (QED) is 0.777. The van der Waals surface area contributed by atoms with Crippen molar-refractivity contribution >= 4 is 27.3 Å². The lowest BCUT2D eigenvalue weighted by Crippen LogP contribution is -2.41. The zero-order chi connectivity index (χ0) is 10.4. The molecule has 1 fully saturated rings. The second-order valence-electron chi connectivity index (χ2n) is 4.57. The van der Waals surface area contributed by atoms with Crippen LogP contribution in [-0.4, -0.2) is 19.1 Å². The molecule has 2 heterocycles. The van der Waals surface area contributed by atoms with E-state index >= 15 is 0 Å². The van der Waals surface area contributed by atoms with E-state index in [0.29, 0.717) is 6.04 Å². The first-order valence-corrected chi connectivity index (χ1v) is 6.35. The number of nitrogens with one attached hydrogen (secondary N) is 1. The van der Waals surface area contributed by atoms with Gasteiger partial charge in [0, 0.05) is 23.6 Å². The standard InChI is InChI=1S/C12H15BrN2/c1-8-4-5-15-11-6-9(13)2-3-10(11)14-7-12(8)15/h2-3,6,8,12,14H,4-5,7H2,1H3. The van der Waals surface area contributed by atoms with Crippen molar-refractivity contribution in [3.8, 4) is 0 Å². The first kappa shape index (κ1) is 9.52. The smallest absolute Gasteiger partial charge is 0.0616 e.